The Hall–Kier alpha value is -1.90. The van der Waals surface area contributed by atoms with Gasteiger partial charge in [-0.3, -0.25) is 0 Å². The summed E-state index contributed by atoms with van der Waals surface area (Å²) in [4.78, 5) is 0.550. The van der Waals surface area contributed by atoms with Crippen molar-refractivity contribution in [3.8, 4) is 0 Å². The highest BCUT2D eigenvalue weighted by atomic mass is 32.2. The maximum absolute atomic E-state index is 13.2. The molecule has 0 spiro atoms. The number of hydrogen-bond acceptors (Lipinski definition) is 2. The normalized spacial score (nSPS) is 17.2. The molecule has 1 saturated heterocycles. The van der Waals surface area contributed by atoms with E-state index < -0.39 is 26.7 Å². The molecular weight excluding hydrogens is 377 g/mol. The van der Waals surface area contributed by atoms with Crippen LogP contribution in [0.5, 0.6) is 0 Å². The summed E-state index contributed by atoms with van der Waals surface area (Å²) in [5, 5.41) is 0. The fourth-order valence-corrected chi connectivity index (χ4v) is 4.93. The largest absolute Gasteiger partial charge is 0.417 e. The number of aryl methyl sites for hydroxylation is 1. The van der Waals surface area contributed by atoms with E-state index in [1.54, 1.807) is 0 Å². The fraction of sp³-hybridized carbons (Fsp3) is 0.368. The second-order valence-corrected chi connectivity index (χ2v) is 8.72. The van der Waals surface area contributed by atoms with Crippen LogP contribution in [0.3, 0.4) is 0 Å². The number of quaternary nitrogens is 1. The first kappa shape index (κ1) is 19.9. The summed E-state index contributed by atoms with van der Waals surface area (Å²) in [6, 6.07) is 12.5. The van der Waals surface area contributed by atoms with E-state index in [0.717, 1.165) is 28.5 Å². The van der Waals surface area contributed by atoms with Crippen LogP contribution >= 0.6 is 0 Å². The lowest BCUT2D eigenvalue weighted by Gasteiger charge is -2.32. The van der Waals surface area contributed by atoms with Gasteiger partial charge in [-0.2, -0.15) is 17.5 Å². The van der Waals surface area contributed by atoms with E-state index in [2.05, 4.69) is 0 Å². The number of halogens is 3. The molecule has 0 aliphatic carbocycles. The van der Waals surface area contributed by atoms with E-state index in [-0.39, 0.29) is 13.1 Å². The van der Waals surface area contributed by atoms with Crippen molar-refractivity contribution in [3.63, 3.8) is 0 Å². The Bertz CT molecular complexity index is 888. The van der Waals surface area contributed by atoms with Crippen molar-refractivity contribution < 1.29 is 26.5 Å². The third-order valence-corrected chi connectivity index (χ3v) is 6.77. The molecule has 4 nitrogen and oxygen atoms in total. The minimum Gasteiger partial charge on any atom is -0.329 e. The van der Waals surface area contributed by atoms with Crippen LogP contribution in [0.2, 0.25) is 0 Å². The highest BCUT2D eigenvalue weighted by Crippen LogP contribution is 2.35. The number of rotatable bonds is 4. The molecule has 0 unspecified atom stereocenters. The van der Waals surface area contributed by atoms with Crippen molar-refractivity contribution in [2.24, 2.45) is 0 Å². The Kier molecular flexibility index (Phi) is 5.60. The molecule has 0 saturated carbocycles. The van der Waals surface area contributed by atoms with E-state index in [9.17, 15) is 21.6 Å². The van der Waals surface area contributed by atoms with Gasteiger partial charge in [-0.15, -0.1) is 0 Å². The molecule has 0 bridgehead atoms. The average Bonchev–Trinajstić information content (AvgIpc) is 2.63. The molecule has 146 valence electrons. The molecule has 0 aromatic heterocycles. The lowest BCUT2D eigenvalue weighted by molar-refractivity contribution is -0.917. The molecule has 1 fully saturated rings. The van der Waals surface area contributed by atoms with Crippen molar-refractivity contribution >= 4 is 10.0 Å². The first-order valence-corrected chi connectivity index (χ1v) is 10.2. The number of benzene rings is 2. The highest BCUT2D eigenvalue weighted by Gasteiger charge is 2.39. The third kappa shape index (κ3) is 4.51. The molecule has 3 rings (SSSR count). The van der Waals surface area contributed by atoms with Crippen LogP contribution in [0.15, 0.2) is 53.4 Å². The van der Waals surface area contributed by atoms with Gasteiger partial charge in [0.2, 0.25) is 10.0 Å². The van der Waals surface area contributed by atoms with Gasteiger partial charge >= 0.3 is 6.18 Å². The van der Waals surface area contributed by atoms with Crippen LogP contribution < -0.4 is 4.90 Å². The molecule has 0 atom stereocenters. The van der Waals surface area contributed by atoms with Crippen LogP contribution in [-0.4, -0.2) is 38.9 Å². The summed E-state index contributed by atoms with van der Waals surface area (Å²) < 4.78 is 66.3. The molecule has 27 heavy (non-hydrogen) atoms. The summed E-state index contributed by atoms with van der Waals surface area (Å²) in [5.41, 5.74) is 1.22. The topological polar surface area (TPSA) is 41.8 Å². The number of piperazine rings is 1. The zero-order chi connectivity index (χ0) is 19.7. The summed E-state index contributed by atoms with van der Waals surface area (Å²) in [5.74, 6) is 0. The van der Waals surface area contributed by atoms with Crippen molar-refractivity contribution in [2.45, 2.75) is 24.5 Å². The van der Waals surface area contributed by atoms with E-state index in [4.69, 9.17) is 0 Å². The van der Waals surface area contributed by atoms with Crippen LogP contribution in [-0.2, 0) is 22.7 Å². The Morgan fingerprint density at radius 2 is 1.59 bits per heavy atom. The maximum Gasteiger partial charge on any atom is 0.417 e. The van der Waals surface area contributed by atoms with Gasteiger partial charge in [0, 0.05) is 5.56 Å². The van der Waals surface area contributed by atoms with E-state index in [1.165, 1.54) is 22.6 Å². The molecule has 1 aliphatic heterocycles. The Balaban J connectivity index is 1.71. The van der Waals surface area contributed by atoms with Gasteiger partial charge in [0.15, 0.2) is 0 Å². The molecule has 2 aromatic rings. The lowest BCUT2D eigenvalue weighted by atomic mass is 10.1. The average molecular weight is 399 g/mol. The SMILES string of the molecule is Cc1ccc(C[NH+]2CCN(S(=O)(=O)c3ccccc3C(F)(F)F)CC2)cc1. The molecule has 2 aromatic carbocycles. The fourth-order valence-electron chi connectivity index (χ4n) is 3.28. The van der Waals surface area contributed by atoms with Crippen molar-refractivity contribution in [3.05, 3.63) is 65.2 Å². The van der Waals surface area contributed by atoms with Gasteiger partial charge in [-0.1, -0.05) is 42.0 Å². The first-order chi connectivity index (χ1) is 12.7. The molecule has 0 radical (unpaired) electrons. The number of sulfonamides is 1. The van der Waals surface area contributed by atoms with Crippen LogP contribution in [0, 0.1) is 6.92 Å². The minimum atomic E-state index is -4.71. The molecule has 1 aliphatic rings. The second kappa shape index (κ2) is 7.61. The van der Waals surface area contributed by atoms with Crippen molar-refractivity contribution in [1.29, 1.82) is 0 Å². The van der Waals surface area contributed by atoms with Crippen molar-refractivity contribution in [2.75, 3.05) is 26.2 Å². The van der Waals surface area contributed by atoms with E-state index in [0.29, 0.717) is 13.1 Å². The van der Waals surface area contributed by atoms with Gasteiger partial charge in [0.1, 0.15) is 6.54 Å². The zero-order valence-electron chi connectivity index (χ0n) is 15.0. The molecule has 8 heteroatoms. The lowest BCUT2D eigenvalue weighted by Crippen LogP contribution is -3.13. The number of nitrogens with zero attached hydrogens (tertiary/aromatic N) is 1. The minimum absolute atomic E-state index is 0.204. The van der Waals surface area contributed by atoms with Crippen molar-refractivity contribution in [1.82, 2.24) is 4.31 Å². The summed E-state index contributed by atoms with van der Waals surface area (Å²) >= 11 is 0. The Morgan fingerprint density at radius 1 is 1.00 bits per heavy atom. The second-order valence-electron chi connectivity index (χ2n) is 6.81. The third-order valence-electron chi connectivity index (χ3n) is 4.81. The van der Waals surface area contributed by atoms with E-state index >= 15 is 0 Å². The van der Waals surface area contributed by atoms with Gasteiger partial charge in [0.05, 0.1) is 36.6 Å². The quantitative estimate of drug-likeness (QED) is 0.856. The standard InChI is InChI=1S/C19H21F3N2O2S/c1-15-6-8-16(9-7-15)14-23-10-12-24(13-11-23)27(25,26)18-5-3-2-4-17(18)19(20,21)22/h2-9H,10-14H2,1H3/p+1. The summed E-state index contributed by atoms with van der Waals surface area (Å²) in [6.45, 7) is 4.31. The van der Waals surface area contributed by atoms with Crippen LogP contribution in [0.1, 0.15) is 16.7 Å². The number of nitrogens with one attached hydrogen (secondary N) is 1. The summed E-state index contributed by atoms with van der Waals surface area (Å²) in [6.07, 6.45) is -4.71. The Morgan fingerprint density at radius 3 is 2.19 bits per heavy atom. The molecular formula is C19H22F3N2O2S+. The molecule has 1 N–H and O–H groups in total. The first-order valence-electron chi connectivity index (χ1n) is 8.73. The van der Waals surface area contributed by atoms with Gasteiger partial charge < -0.3 is 4.90 Å². The highest BCUT2D eigenvalue weighted by molar-refractivity contribution is 7.89. The molecule has 0 amide bonds. The Labute approximate surface area is 157 Å². The van der Waals surface area contributed by atoms with E-state index in [1.807, 2.05) is 31.2 Å². The van der Waals surface area contributed by atoms with Crippen LogP contribution in [0.25, 0.3) is 0 Å². The smallest absolute Gasteiger partial charge is 0.329 e. The van der Waals surface area contributed by atoms with Gasteiger partial charge in [-0.25, -0.2) is 8.42 Å². The summed E-state index contributed by atoms with van der Waals surface area (Å²) in [7, 11) is -4.18. The van der Waals surface area contributed by atoms with Gasteiger partial charge in [-0.05, 0) is 19.1 Å². The van der Waals surface area contributed by atoms with Crippen LogP contribution in [0.4, 0.5) is 13.2 Å². The van der Waals surface area contributed by atoms with Gasteiger partial charge in [0.25, 0.3) is 0 Å². The number of hydrogen-bond donors (Lipinski definition) is 1. The zero-order valence-corrected chi connectivity index (χ0v) is 15.8. The molecule has 1 heterocycles. The number of alkyl halides is 3. The predicted octanol–water partition coefficient (Wildman–Crippen LogP) is 2.10. The maximum atomic E-state index is 13.2. The monoisotopic (exact) mass is 399 g/mol. The predicted molar refractivity (Wildman–Crippen MR) is 95.8 cm³/mol.